The first-order valence-electron chi connectivity index (χ1n) is 13.1. The third kappa shape index (κ3) is 9.97. The number of carbonyl (C=O) groups excluding carboxylic acids is 1. The minimum absolute atomic E-state index is 0.129. The second-order valence-electron chi connectivity index (χ2n) is 9.15. The van der Waals surface area contributed by atoms with Crippen LogP contribution >= 0.6 is 7.82 Å². The fourth-order valence-corrected chi connectivity index (χ4v) is 5.67. The Morgan fingerprint density at radius 3 is 1.94 bits per heavy atom. The Morgan fingerprint density at radius 1 is 0.812 bits per heavy atom. The number of phosphoric acid groups is 1. The van der Waals surface area contributed by atoms with Gasteiger partial charge in [0.15, 0.2) is 0 Å². The number of ether oxygens (including phenoxy) is 1. The van der Waals surface area contributed by atoms with Gasteiger partial charge in [-0.1, -0.05) is 97.3 Å². The number of esters is 1. The molecule has 2 rings (SSSR count). The lowest BCUT2D eigenvalue weighted by atomic mass is 10.0. The first-order chi connectivity index (χ1) is 15.6. The first kappa shape index (κ1) is 27.4. The Morgan fingerprint density at radius 2 is 1.38 bits per heavy atom. The maximum absolute atomic E-state index is 13.0. The Kier molecular flexibility index (Phi) is 13.6. The van der Waals surface area contributed by atoms with Crippen LogP contribution in [0.3, 0.4) is 0 Å². The molecule has 0 spiro atoms. The van der Waals surface area contributed by atoms with E-state index < -0.39 is 7.82 Å². The smallest absolute Gasteiger partial charge is 0.461 e. The van der Waals surface area contributed by atoms with Crippen molar-refractivity contribution in [3.05, 3.63) is 11.3 Å². The number of fused-ring (bicyclic) bond motifs is 1. The highest BCUT2D eigenvalue weighted by atomic mass is 31.2. The summed E-state index contributed by atoms with van der Waals surface area (Å²) in [5.74, 6) is -0.186. The Bertz CT molecular complexity index is 618. The van der Waals surface area contributed by atoms with Gasteiger partial charge in [0.05, 0.1) is 24.7 Å². The van der Waals surface area contributed by atoms with Crippen LogP contribution < -0.4 is 0 Å². The van der Waals surface area contributed by atoms with Crippen LogP contribution in [-0.2, 0) is 27.7 Å². The Labute approximate surface area is 195 Å². The van der Waals surface area contributed by atoms with E-state index in [1.165, 1.54) is 77.0 Å². The van der Waals surface area contributed by atoms with Crippen LogP contribution in [0, 0.1) is 5.92 Å². The topological polar surface area (TPSA) is 71.1 Å². The van der Waals surface area contributed by atoms with Crippen molar-refractivity contribution < 1.29 is 27.7 Å². The number of hydrogen-bond acceptors (Lipinski definition) is 6. The molecular formula is C25H45O6P. The largest absolute Gasteiger partial charge is 0.529 e. The highest BCUT2D eigenvalue weighted by Gasteiger charge is 2.43. The van der Waals surface area contributed by atoms with E-state index in [0.717, 1.165) is 19.3 Å². The third-order valence-electron chi connectivity index (χ3n) is 6.22. The van der Waals surface area contributed by atoms with E-state index >= 15 is 0 Å². The van der Waals surface area contributed by atoms with Crippen molar-refractivity contribution in [1.29, 1.82) is 0 Å². The zero-order valence-corrected chi connectivity index (χ0v) is 21.3. The van der Waals surface area contributed by atoms with E-state index in [-0.39, 0.29) is 25.1 Å². The standard InChI is InChI=1S/C25H45O6P/c1-3-5-6-7-8-9-10-11-12-13-14-15-16-17-19-29-32(27)30-21-22-20-28-25(26)24(22)23(31-32)18-4-2/h22H,3-21H2,1-2H3. The quantitative estimate of drug-likeness (QED) is 0.115. The SMILES string of the molecule is CCCCCCCCCCCCCCCCOP1(=O)OCC2COC(=O)C2=C(CCC)O1. The molecule has 32 heavy (non-hydrogen) atoms. The molecule has 0 aromatic carbocycles. The number of cyclic esters (lactones) is 1. The molecular weight excluding hydrogens is 427 g/mol. The van der Waals surface area contributed by atoms with Crippen LogP contribution in [-0.4, -0.2) is 25.8 Å². The van der Waals surface area contributed by atoms with Crippen LogP contribution in [0.2, 0.25) is 0 Å². The molecule has 0 amide bonds. The summed E-state index contributed by atoms with van der Waals surface area (Å²) in [7, 11) is -3.68. The van der Waals surface area contributed by atoms with Gasteiger partial charge in [0.25, 0.3) is 0 Å². The highest BCUT2D eigenvalue weighted by molar-refractivity contribution is 7.48. The van der Waals surface area contributed by atoms with Crippen molar-refractivity contribution in [2.75, 3.05) is 19.8 Å². The average molecular weight is 473 g/mol. The van der Waals surface area contributed by atoms with Gasteiger partial charge in [0, 0.05) is 6.42 Å². The molecule has 0 radical (unpaired) electrons. The van der Waals surface area contributed by atoms with Crippen LogP contribution in [0.4, 0.5) is 0 Å². The van der Waals surface area contributed by atoms with E-state index in [0.29, 0.717) is 24.4 Å². The molecule has 0 aromatic rings. The van der Waals surface area contributed by atoms with E-state index in [2.05, 4.69) is 6.92 Å². The first-order valence-corrected chi connectivity index (χ1v) is 14.5. The molecule has 0 aromatic heterocycles. The number of phosphoric ester groups is 1. The van der Waals surface area contributed by atoms with Crippen LogP contribution in [0.5, 0.6) is 0 Å². The summed E-state index contributed by atoms with van der Waals surface area (Å²) >= 11 is 0. The predicted octanol–water partition coefficient (Wildman–Crippen LogP) is 7.87. The molecule has 0 aliphatic carbocycles. The summed E-state index contributed by atoms with van der Waals surface area (Å²) in [5, 5.41) is 0. The van der Waals surface area contributed by atoms with Gasteiger partial charge in [-0.15, -0.1) is 0 Å². The van der Waals surface area contributed by atoms with Gasteiger partial charge in [-0.05, 0) is 12.8 Å². The summed E-state index contributed by atoms with van der Waals surface area (Å²) < 4.78 is 34.7. The summed E-state index contributed by atoms with van der Waals surface area (Å²) in [6.45, 7) is 4.98. The fourth-order valence-electron chi connectivity index (χ4n) is 4.31. The lowest BCUT2D eigenvalue weighted by Gasteiger charge is -2.18. The Balaban J connectivity index is 1.52. The second kappa shape index (κ2) is 15.9. The van der Waals surface area contributed by atoms with Gasteiger partial charge in [0.1, 0.15) is 12.4 Å². The van der Waals surface area contributed by atoms with Crippen LogP contribution in [0.25, 0.3) is 0 Å². The van der Waals surface area contributed by atoms with Crippen molar-refractivity contribution in [2.45, 2.75) is 117 Å². The molecule has 1 fully saturated rings. The van der Waals surface area contributed by atoms with Gasteiger partial charge in [-0.25, -0.2) is 9.36 Å². The van der Waals surface area contributed by atoms with Crippen molar-refractivity contribution >= 4 is 13.8 Å². The maximum Gasteiger partial charge on any atom is 0.529 e. The number of rotatable bonds is 18. The zero-order chi connectivity index (χ0) is 23.1. The summed E-state index contributed by atoms with van der Waals surface area (Å²) in [4.78, 5) is 12.0. The average Bonchev–Trinajstić information content (AvgIpc) is 3.08. The van der Waals surface area contributed by atoms with Gasteiger partial charge < -0.3 is 9.26 Å². The number of carbonyl (C=O) groups is 1. The van der Waals surface area contributed by atoms with E-state index in [9.17, 15) is 9.36 Å². The molecule has 0 saturated carbocycles. The second-order valence-corrected chi connectivity index (χ2v) is 10.7. The molecule has 2 unspecified atom stereocenters. The predicted molar refractivity (Wildman–Crippen MR) is 127 cm³/mol. The summed E-state index contributed by atoms with van der Waals surface area (Å²) in [5.41, 5.74) is 0.477. The van der Waals surface area contributed by atoms with Gasteiger partial charge in [-0.3, -0.25) is 9.05 Å². The third-order valence-corrected chi connectivity index (χ3v) is 7.63. The van der Waals surface area contributed by atoms with E-state index in [1.54, 1.807) is 0 Å². The van der Waals surface area contributed by atoms with Crippen molar-refractivity contribution in [3.63, 3.8) is 0 Å². The fraction of sp³-hybridized carbons (Fsp3) is 0.880. The maximum atomic E-state index is 13.0. The van der Waals surface area contributed by atoms with Crippen LogP contribution in [0.1, 0.15) is 117 Å². The van der Waals surface area contributed by atoms with Gasteiger partial charge >= 0.3 is 13.8 Å². The number of hydrogen-bond donors (Lipinski definition) is 0. The normalized spacial score (nSPS) is 23.1. The number of unbranched alkanes of at least 4 members (excludes halogenated alkanes) is 13. The molecule has 7 heteroatoms. The molecule has 2 aliphatic heterocycles. The summed E-state index contributed by atoms with van der Waals surface area (Å²) in [6.07, 6.45) is 19.3. The molecule has 2 atom stereocenters. The molecule has 0 bridgehead atoms. The monoisotopic (exact) mass is 472 g/mol. The molecule has 2 aliphatic rings. The lowest BCUT2D eigenvalue weighted by Crippen LogP contribution is -2.10. The minimum atomic E-state index is -3.68. The van der Waals surface area contributed by atoms with Crippen molar-refractivity contribution in [2.24, 2.45) is 5.92 Å². The van der Waals surface area contributed by atoms with Crippen LogP contribution in [0.15, 0.2) is 11.3 Å². The molecule has 186 valence electrons. The molecule has 1 saturated heterocycles. The van der Waals surface area contributed by atoms with Crippen molar-refractivity contribution in [3.8, 4) is 0 Å². The van der Waals surface area contributed by atoms with E-state index in [4.69, 9.17) is 18.3 Å². The molecule has 2 heterocycles. The van der Waals surface area contributed by atoms with Gasteiger partial charge in [0.2, 0.25) is 0 Å². The van der Waals surface area contributed by atoms with Gasteiger partial charge in [-0.2, -0.15) is 0 Å². The zero-order valence-electron chi connectivity index (χ0n) is 20.4. The van der Waals surface area contributed by atoms with E-state index in [1.807, 2.05) is 6.92 Å². The Hall–Kier alpha value is -0.840. The highest BCUT2D eigenvalue weighted by Crippen LogP contribution is 2.55. The minimum Gasteiger partial charge on any atom is -0.461 e. The summed E-state index contributed by atoms with van der Waals surface area (Å²) in [6, 6.07) is 0. The number of allylic oxidation sites excluding steroid dienone is 1. The molecule has 6 nitrogen and oxygen atoms in total. The van der Waals surface area contributed by atoms with Crippen molar-refractivity contribution in [1.82, 2.24) is 0 Å². The molecule has 0 N–H and O–H groups in total. The lowest BCUT2D eigenvalue weighted by molar-refractivity contribution is -0.135.